The minimum Gasteiger partial charge on any atom is -0.493 e. The molecule has 1 aromatic carbocycles. The van der Waals surface area contributed by atoms with E-state index in [9.17, 15) is 4.79 Å². The Labute approximate surface area is 186 Å². The van der Waals surface area contributed by atoms with Crippen LogP contribution in [-0.4, -0.2) is 82.8 Å². The van der Waals surface area contributed by atoms with Gasteiger partial charge >= 0.3 is 5.97 Å². The van der Waals surface area contributed by atoms with Crippen molar-refractivity contribution in [3.63, 3.8) is 0 Å². The molecule has 0 radical (unpaired) electrons. The summed E-state index contributed by atoms with van der Waals surface area (Å²) in [4.78, 5) is 21.4. The number of methoxy groups -OCH3 is 2. The Bertz CT molecular complexity index is 730. The van der Waals surface area contributed by atoms with Gasteiger partial charge in [-0.05, 0) is 58.5 Å². The van der Waals surface area contributed by atoms with Gasteiger partial charge in [-0.3, -0.25) is 9.79 Å². The predicted octanol–water partition coefficient (Wildman–Crippen LogP) is 2.55. The van der Waals surface area contributed by atoms with E-state index in [0.29, 0.717) is 24.7 Å². The summed E-state index contributed by atoms with van der Waals surface area (Å²) < 4.78 is 16.0. The molecular weight excluding hydrogens is 396 g/mol. The molecule has 0 amide bonds. The van der Waals surface area contributed by atoms with Gasteiger partial charge in [-0.15, -0.1) is 0 Å². The second-order valence-corrected chi connectivity index (χ2v) is 7.80. The molecule has 1 heterocycles. The fourth-order valence-corrected chi connectivity index (χ4v) is 3.81. The number of benzene rings is 1. The van der Waals surface area contributed by atoms with Crippen molar-refractivity contribution in [2.24, 2.45) is 10.9 Å². The highest BCUT2D eigenvalue weighted by molar-refractivity contribution is 5.80. The van der Waals surface area contributed by atoms with Gasteiger partial charge in [0.15, 0.2) is 17.5 Å². The van der Waals surface area contributed by atoms with Crippen LogP contribution in [0.1, 0.15) is 38.3 Å². The lowest BCUT2D eigenvalue weighted by atomic mass is 9.97. The van der Waals surface area contributed by atoms with Crippen molar-refractivity contribution in [3.8, 4) is 11.5 Å². The number of likely N-dealkylation sites (tertiary alicyclic amines) is 1. The standard InChI is InChI=1S/C23H38N4O4/c1-7-24-23(27-13-11-17(12-14-27)22(28)31-8-2)25-16-19(26(3)4)18-9-10-20(29-5)21(15-18)30-6/h9-10,15,17,19H,7-8,11-14,16H2,1-6H3,(H,24,25). The largest absolute Gasteiger partial charge is 0.493 e. The number of hydrogen-bond acceptors (Lipinski definition) is 6. The van der Waals surface area contributed by atoms with Crippen molar-refractivity contribution in [2.75, 3.05) is 61.1 Å². The maximum Gasteiger partial charge on any atom is 0.309 e. The van der Waals surface area contributed by atoms with Crippen LogP contribution in [0, 0.1) is 5.92 Å². The molecule has 0 aromatic heterocycles. The van der Waals surface area contributed by atoms with Crippen LogP contribution in [0.2, 0.25) is 0 Å². The summed E-state index contributed by atoms with van der Waals surface area (Å²) in [5.41, 5.74) is 1.11. The minimum atomic E-state index is -0.0785. The predicted molar refractivity (Wildman–Crippen MR) is 123 cm³/mol. The molecule has 2 rings (SSSR count). The molecule has 1 atom stereocenters. The first-order chi connectivity index (χ1) is 14.9. The Morgan fingerprint density at radius 2 is 1.87 bits per heavy atom. The topological polar surface area (TPSA) is 75.6 Å². The number of carbonyl (C=O) groups excluding carboxylic acids is 1. The van der Waals surface area contributed by atoms with E-state index in [1.165, 1.54) is 0 Å². The lowest BCUT2D eigenvalue weighted by molar-refractivity contribution is -0.149. The number of esters is 1. The fourth-order valence-electron chi connectivity index (χ4n) is 3.81. The molecule has 174 valence electrons. The summed E-state index contributed by atoms with van der Waals surface area (Å²) in [7, 11) is 7.38. The Hall–Kier alpha value is -2.48. The van der Waals surface area contributed by atoms with Crippen LogP contribution in [0.5, 0.6) is 11.5 Å². The molecule has 0 saturated carbocycles. The number of nitrogens with one attached hydrogen (secondary N) is 1. The Morgan fingerprint density at radius 1 is 1.19 bits per heavy atom. The van der Waals surface area contributed by atoms with Crippen molar-refractivity contribution in [1.82, 2.24) is 15.1 Å². The van der Waals surface area contributed by atoms with Gasteiger partial charge in [0.1, 0.15) is 0 Å². The smallest absolute Gasteiger partial charge is 0.309 e. The monoisotopic (exact) mass is 434 g/mol. The number of guanidine groups is 1. The number of rotatable bonds is 9. The normalized spacial score (nSPS) is 16.2. The molecule has 0 bridgehead atoms. The molecular formula is C23H38N4O4. The highest BCUT2D eigenvalue weighted by Gasteiger charge is 2.27. The van der Waals surface area contributed by atoms with E-state index < -0.39 is 0 Å². The number of likely N-dealkylation sites (N-methyl/N-ethyl adjacent to an activating group) is 1. The zero-order valence-corrected chi connectivity index (χ0v) is 19.8. The average molecular weight is 435 g/mol. The Balaban J connectivity index is 2.13. The summed E-state index contributed by atoms with van der Waals surface area (Å²) in [6.45, 7) is 7.32. The van der Waals surface area contributed by atoms with Crippen LogP contribution >= 0.6 is 0 Å². The molecule has 8 nitrogen and oxygen atoms in total. The zero-order chi connectivity index (χ0) is 22.8. The van der Waals surface area contributed by atoms with Crippen LogP contribution in [0.3, 0.4) is 0 Å². The van der Waals surface area contributed by atoms with Crippen LogP contribution in [0.25, 0.3) is 0 Å². The second-order valence-electron chi connectivity index (χ2n) is 7.80. The molecule has 1 aromatic rings. The Kier molecular flexibility index (Phi) is 9.91. The first-order valence-corrected chi connectivity index (χ1v) is 11.0. The van der Waals surface area contributed by atoms with Crippen LogP contribution in [0.4, 0.5) is 0 Å². The van der Waals surface area contributed by atoms with Gasteiger partial charge in [0.2, 0.25) is 0 Å². The third-order valence-corrected chi connectivity index (χ3v) is 5.58. The van der Waals surface area contributed by atoms with E-state index in [1.54, 1.807) is 14.2 Å². The molecule has 8 heteroatoms. The van der Waals surface area contributed by atoms with Gasteiger partial charge in [-0.1, -0.05) is 6.07 Å². The van der Waals surface area contributed by atoms with Crippen LogP contribution < -0.4 is 14.8 Å². The van der Waals surface area contributed by atoms with Gasteiger partial charge in [0.25, 0.3) is 0 Å². The van der Waals surface area contributed by atoms with Crippen LogP contribution in [0.15, 0.2) is 23.2 Å². The molecule has 1 unspecified atom stereocenters. The van der Waals surface area contributed by atoms with Crippen molar-refractivity contribution in [1.29, 1.82) is 0 Å². The maximum atomic E-state index is 12.0. The summed E-state index contributed by atoms with van der Waals surface area (Å²) in [6.07, 6.45) is 1.58. The van der Waals surface area contributed by atoms with E-state index in [-0.39, 0.29) is 17.9 Å². The summed E-state index contributed by atoms with van der Waals surface area (Å²) in [5.74, 6) is 2.22. The SMILES string of the molecule is CCNC(=NCC(c1ccc(OC)c(OC)c1)N(C)C)N1CCC(C(=O)OCC)CC1. The lowest BCUT2D eigenvalue weighted by Gasteiger charge is -2.34. The molecule has 1 aliphatic heterocycles. The first kappa shape index (κ1) is 24.8. The van der Waals surface area contributed by atoms with Gasteiger partial charge in [0.05, 0.1) is 39.3 Å². The molecule has 1 saturated heterocycles. The highest BCUT2D eigenvalue weighted by Crippen LogP contribution is 2.31. The molecule has 31 heavy (non-hydrogen) atoms. The van der Waals surface area contributed by atoms with E-state index in [0.717, 1.165) is 44.0 Å². The molecule has 0 spiro atoms. The van der Waals surface area contributed by atoms with E-state index in [2.05, 4.69) is 42.2 Å². The number of carbonyl (C=O) groups is 1. The van der Waals surface area contributed by atoms with Crippen molar-refractivity contribution >= 4 is 11.9 Å². The summed E-state index contributed by atoms with van der Waals surface area (Å²) in [5, 5.41) is 3.40. The number of piperidine rings is 1. The molecule has 0 aliphatic carbocycles. The van der Waals surface area contributed by atoms with Gasteiger partial charge in [-0.25, -0.2) is 0 Å². The van der Waals surface area contributed by atoms with Crippen LogP contribution in [-0.2, 0) is 9.53 Å². The van der Waals surface area contributed by atoms with Gasteiger partial charge in [0, 0.05) is 19.6 Å². The number of aliphatic imine (C=N–C) groups is 1. The zero-order valence-electron chi connectivity index (χ0n) is 19.8. The van der Waals surface area contributed by atoms with E-state index in [1.807, 2.05) is 19.1 Å². The highest BCUT2D eigenvalue weighted by atomic mass is 16.5. The van der Waals surface area contributed by atoms with Crippen molar-refractivity contribution < 1.29 is 19.0 Å². The van der Waals surface area contributed by atoms with Crippen molar-refractivity contribution in [2.45, 2.75) is 32.7 Å². The minimum absolute atomic E-state index is 0.0136. The average Bonchev–Trinajstić information content (AvgIpc) is 2.78. The lowest BCUT2D eigenvalue weighted by Crippen LogP contribution is -2.47. The van der Waals surface area contributed by atoms with Gasteiger partial charge < -0.3 is 29.3 Å². The Morgan fingerprint density at radius 3 is 2.42 bits per heavy atom. The summed E-state index contributed by atoms with van der Waals surface area (Å²) >= 11 is 0. The number of ether oxygens (including phenoxy) is 3. The first-order valence-electron chi connectivity index (χ1n) is 11.0. The number of hydrogen-bond donors (Lipinski definition) is 1. The molecule has 1 aliphatic rings. The third-order valence-electron chi connectivity index (χ3n) is 5.58. The quantitative estimate of drug-likeness (QED) is 0.364. The van der Waals surface area contributed by atoms with Crippen molar-refractivity contribution in [3.05, 3.63) is 23.8 Å². The number of nitrogens with zero attached hydrogens (tertiary/aromatic N) is 3. The fraction of sp³-hybridized carbons (Fsp3) is 0.652. The molecule has 1 fully saturated rings. The van der Waals surface area contributed by atoms with Gasteiger partial charge in [-0.2, -0.15) is 0 Å². The second kappa shape index (κ2) is 12.4. The van der Waals surface area contributed by atoms with E-state index >= 15 is 0 Å². The third kappa shape index (κ3) is 6.75. The van der Waals surface area contributed by atoms with E-state index in [4.69, 9.17) is 19.2 Å². The maximum absolute atomic E-state index is 12.0. The summed E-state index contributed by atoms with van der Waals surface area (Å²) in [6, 6.07) is 6.08. The molecule has 1 N–H and O–H groups in total.